The number of aliphatic hydroxyl groups is 1. The number of halogens is 2. The number of pyridine rings is 1. The number of aromatic nitrogens is 1. The number of nitrogens with one attached hydrogen (secondary N) is 1. The Hall–Kier alpha value is -3.68. The predicted molar refractivity (Wildman–Crippen MR) is 160 cm³/mol. The summed E-state index contributed by atoms with van der Waals surface area (Å²) in [5.74, 6) is -0.760. The molecule has 0 aliphatic carbocycles. The van der Waals surface area contributed by atoms with Gasteiger partial charge in [-0.3, -0.25) is 29.1 Å². The van der Waals surface area contributed by atoms with E-state index in [2.05, 4.69) is 15.3 Å². The van der Waals surface area contributed by atoms with Crippen LogP contribution in [0.4, 0.5) is 10.2 Å². The molecule has 4 rings (SSSR count). The van der Waals surface area contributed by atoms with Crippen molar-refractivity contribution < 1.29 is 28.7 Å². The van der Waals surface area contributed by atoms with Gasteiger partial charge >= 0.3 is 0 Å². The van der Waals surface area contributed by atoms with Gasteiger partial charge in [-0.05, 0) is 29.5 Å². The van der Waals surface area contributed by atoms with Gasteiger partial charge in [0, 0.05) is 64.2 Å². The van der Waals surface area contributed by atoms with Crippen molar-refractivity contribution in [2.75, 3.05) is 51.0 Å². The van der Waals surface area contributed by atoms with Crippen molar-refractivity contribution in [2.45, 2.75) is 32.4 Å². The highest BCUT2D eigenvalue weighted by Gasteiger charge is 2.27. The normalized spacial score (nSPS) is 14.5. The van der Waals surface area contributed by atoms with Gasteiger partial charge in [-0.25, -0.2) is 14.8 Å². The van der Waals surface area contributed by atoms with Crippen LogP contribution in [0.5, 0.6) is 0 Å². The van der Waals surface area contributed by atoms with E-state index in [1.165, 1.54) is 24.1 Å². The molecule has 43 heavy (non-hydrogen) atoms. The number of carbonyl (C=O) groups is 3. The molecule has 1 aromatic heterocycles. The van der Waals surface area contributed by atoms with Crippen molar-refractivity contribution in [3.05, 3.63) is 71.1 Å². The van der Waals surface area contributed by atoms with Crippen molar-refractivity contribution in [1.29, 1.82) is 0 Å². The minimum Gasteiger partial charge on any atom is -0.395 e. The molecule has 11 nitrogen and oxygen atoms in total. The summed E-state index contributed by atoms with van der Waals surface area (Å²) in [7, 11) is 0. The lowest BCUT2D eigenvalue weighted by Crippen LogP contribution is -2.52. The van der Waals surface area contributed by atoms with Crippen molar-refractivity contribution >= 4 is 46.4 Å². The van der Waals surface area contributed by atoms with Crippen LogP contribution in [-0.2, 0) is 25.8 Å². The van der Waals surface area contributed by atoms with Gasteiger partial charge in [-0.15, -0.1) is 0 Å². The second-order valence-electron chi connectivity index (χ2n) is 10.2. The number of benzene rings is 2. The van der Waals surface area contributed by atoms with E-state index in [4.69, 9.17) is 16.4 Å². The summed E-state index contributed by atoms with van der Waals surface area (Å²) in [6.45, 7) is 4.30. The van der Waals surface area contributed by atoms with Gasteiger partial charge < -0.3 is 10.0 Å². The van der Waals surface area contributed by atoms with Gasteiger partial charge in [-0.2, -0.15) is 5.06 Å². The number of amides is 3. The van der Waals surface area contributed by atoms with Gasteiger partial charge in [0.25, 0.3) is 0 Å². The molecular formula is C30H36ClFN6O5. The van der Waals surface area contributed by atoms with Crippen molar-refractivity contribution in [2.24, 2.45) is 0 Å². The molecule has 0 spiro atoms. The van der Waals surface area contributed by atoms with E-state index in [9.17, 15) is 23.9 Å². The number of piperazine rings is 1. The van der Waals surface area contributed by atoms with Crippen LogP contribution in [0.25, 0.3) is 10.8 Å². The summed E-state index contributed by atoms with van der Waals surface area (Å²) in [4.78, 5) is 52.0. The highest BCUT2D eigenvalue weighted by Crippen LogP contribution is 2.21. The Bertz CT molecular complexity index is 1410. The van der Waals surface area contributed by atoms with Crippen LogP contribution in [-0.4, -0.2) is 95.1 Å². The lowest BCUT2D eigenvalue weighted by molar-refractivity contribution is -0.140. The Kier molecular flexibility index (Phi) is 11.8. The van der Waals surface area contributed by atoms with Crippen molar-refractivity contribution in [3.8, 4) is 0 Å². The van der Waals surface area contributed by atoms with E-state index >= 15 is 0 Å². The first-order valence-corrected chi connectivity index (χ1v) is 14.5. The molecule has 1 atom stereocenters. The van der Waals surface area contributed by atoms with Gasteiger partial charge in [-0.1, -0.05) is 48.0 Å². The molecule has 0 saturated carbocycles. The van der Waals surface area contributed by atoms with Crippen molar-refractivity contribution in [3.63, 3.8) is 0 Å². The minimum absolute atomic E-state index is 0.0388. The zero-order valence-electron chi connectivity index (χ0n) is 24.0. The van der Waals surface area contributed by atoms with Gasteiger partial charge in [0.1, 0.15) is 5.82 Å². The highest BCUT2D eigenvalue weighted by molar-refractivity contribution is 6.31. The first-order chi connectivity index (χ1) is 20.8. The lowest BCUT2D eigenvalue weighted by atomic mass is 10.1. The van der Waals surface area contributed by atoms with Crippen LogP contribution in [0.2, 0.25) is 5.02 Å². The Balaban J connectivity index is 1.48. The molecule has 1 saturated heterocycles. The predicted octanol–water partition coefficient (Wildman–Crippen LogP) is 2.76. The molecule has 3 amide bonds. The third-order valence-corrected chi connectivity index (χ3v) is 7.78. The number of carbonyl (C=O) groups excluding carboxylic acids is 3. The van der Waals surface area contributed by atoms with Crippen LogP contribution in [0.3, 0.4) is 0 Å². The van der Waals surface area contributed by atoms with Crippen LogP contribution in [0.1, 0.15) is 25.3 Å². The fourth-order valence-corrected chi connectivity index (χ4v) is 5.15. The summed E-state index contributed by atoms with van der Waals surface area (Å²) in [5.41, 5.74) is 3.45. The van der Waals surface area contributed by atoms with Gasteiger partial charge in [0.2, 0.25) is 18.2 Å². The molecular weight excluding hydrogens is 579 g/mol. The molecule has 0 unspecified atom stereocenters. The molecule has 0 radical (unpaired) electrons. The summed E-state index contributed by atoms with van der Waals surface area (Å²) in [6, 6.07) is 13.0. The number of anilines is 1. The number of rotatable bonds is 14. The standard InChI is InChI=1S/C30H36ClFN6O5/c1-22(41)38(34-19-25-7-4-8-27(32)30(25)31)26(9-10-29(42)36-13-11-35(12-14-36)15-16-39)20-43-37(21-40)28-17-23-5-2-3-6-24(23)18-33-28/h2-8,17-18,21,26,34,39H,9-16,19-20H2,1H3/t26-/m0/s1. The smallest absolute Gasteiger partial charge is 0.239 e. The van der Waals surface area contributed by atoms with E-state index in [1.807, 2.05) is 24.3 Å². The zero-order chi connectivity index (χ0) is 30.8. The molecule has 13 heteroatoms. The SMILES string of the molecule is CC(=O)N(NCc1cccc(F)c1Cl)[C@@H](CCC(=O)N1CCN(CCO)CC1)CON(C=O)c1cc2ccccc2cn1. The monoisotopic (exact) mass is 614 g/mol. The number of nitrogens with zero attached hydrogens (tertiary/aromatic N) is 5. The third kappa shape index (κ3) is 8.68. The Morgan fingerprint density at radius 3 is 2.60 bits per heavy atom. The Morgan fingerprint density at radius 2 is 1.91 bits per heavy atom. The fraction of sp³-hybridized carbons (Fsp3) is 0.400. The fourth-order valence-electron chi connectivity index (χ4n) is 4.96. The molecule has 1 fully saturated rings. The summed E-state index contributed by atoms with van der Waals surface area (Å²) < 4.78 is 14.0. The third-order valence-electron chi connectivity index (χ3n) is 7.35. The van der Waals surface area contributed by atoms with E-state index < -0.39 is 11.9 Å². The summed E-state index contributed by atoms with van der Waals surface area (Å²) in [5, 5.41) is 13.2. The van der Waals surface area contributed by atoms with Gasteiger partial charge in [0.05, 0.1) is 24.3 Å². The van der Waals surface area contributed by atoms with E-state index in [-0.39, 0.29) is 55.3 Å². The number of β-amino-alcohol motifs (C(OH)–C–C–N with tert-alkyl or cyclic N) is 1. The molecule has 2 N–H and O–H groups in total. The minimum atomic E-state index is -0.688. The van der Waals surface area contributed by atoms with Crippen LogP contribution in [0.15, 0.2) is 54.7 Å². The molecule has 0 bridgehead atoms. The first-order valence-electron chi connectivity index (χ1n) is 14.1. The number of hydrogen-bond donors (Lipinski definition) is 2. The summed E-state index contributed by atoms with van der Waals surface area (Å²) in [6.07, 6.45) is 2.46. The maximum Gasteiger partial charge on any atom is 0.239 e. The first kappa shape index (κ1) is 32.2. The molecule has 3 aromatic rings. The van der Waals surface area contributed by atoms with E-state index in [0.29, 0.717) is 44.7 Å². The van der Waals surface area contributed by atoms with Crippen LogP contribution < -0.4 is 10.5 Å². The van der Waals surface area contributed by atoms with E-state index in [0.717, 1.165) is 15.8 Å². The van der Waals surface area contributed by atoms with Crippen LogP contribution in [0, 0.1) is 5.82 Å². The Morgan fingerprint density at radius 1 is 1.16 bits per heavy atom. The van der Waals surface area contributed by atoms with Crippen molar-refractivity contribution in [1.82, 2.24) is 25.2 Å². The molecule has 2 heterocycles. The van der Waals surface area contributed by atoms with Crippen LogP contribution >= 0.6 is 11.6 Å². The summed E-state index contributed by atoms with van der Waals surface area (Å²) >= 11 is 6.12. The van der Waals surface area contributed by atoms with Gasteiger partial charge in [0.15, 0.2) is 5.82 Å². The topological polar surface area (TPSA) is 119 Å². The van der Waals surface area contributed by atoms with E-state index in [1.54, 1.807) is 23.2 Å². The number of hydrazine groups is 1. The zero-order valence-corrected chi connectivity index (χ0v) is 24.8. The highest BCUT2D eigenvalue weighted by atomic mass is 35.5. The Labute approximate surface area is 254 Å². The largest absolute Gasteiger partial charge is 0.395 e. The second-order valence-corrected chi connectivity index (χ2v) is 10.6. The quantitative estimate of drug-likeness (QED) is 0.210. The number of hydroxylamine groups is 1. The lowest BCUT2D eigenvalue weighted by Gasteiger charge is -2.35. The average molecular weight is 615 g/mol. The molecule has 1 aliphatic heterocycles. The molecule has 2 aromatic carbocycles. The molecule has 230 valence electrons. The number of fused-ring (bicyclic) bond motifs is 1. The number of hydrogen-bond acceptors (Lipinski definition) is 8. The number of aliphatic hydroxyl groups excluding tert-OH is 1. The maximum absolute atomic E-state index is 14.0. The average Bonchev–Trinajstić information content (AvgIpc) is 3.01. The maximum atomic E-state index is 14.0. The molecule has 1 aliphatic rings. The second kappa shape index (κ2) is 15.7.